The Kier molecular flexibility index (Phi) is 6.00. The predicted molar refractivity (Wildman–Crippen MR) is 141 cm³/mol. The van der Waals surface area contributed by atoms with Crippen molar-refractivity contribution in [3.05, 3.63) is 88.9 Å². The van der Waals surface area contributed by atoms with E-state index in [1.54, 1.807) is 6.07 Å². The predicted octanol–water partition coefficient (Wildman–Crippen LogP) is 6.55. The van der Waals surface area contributed by atoms with Crippen LogP contribution in [0.2, 0.25) is 0 Å². The lowest BCUT2D eigenvalue weighted by molar-refractivity contribution is 0.0975. The first-order chi connectivity index (χ1) is 16.5. The number of aromatic nitrogens is 1. The SMILES string of the molecule is COc1c(C(=O)NC(=S)Nc2cccc(-c3nc4ccccc4o3)c2)cc2ccccc2c1Br. The quantitative estimate of drug-likeness (QED) is 0.256. The number of carbonyl (C=O) groups excluding carboxylic acids is 1. The van der Waals surface area contributed by atoms with E-state index in [9.17, 15) is 4.79 Å². The Morgan fingerprint density at radius 3 is 2.65 bits per heavy atom. The number of para-hydroxylation sites is 2. The Morgan fingerprint density at radius 2 is 1.82 bits per heavy atom. The van der Waals surface area contributed by atoms with E-state index in [0.717, 1.165) is 21.9 Å². The Bertz CT molecular complexity index is 1530. The van der Waals surface area contributed by atoms with Crippen LogP contribution in [0.15, 0.2) is 87.8 Å². The maximum atomic E-state index is 13.0. The fourth-order valence-electron chi connectivity index (χ4n) is 3.71. The van der Waals surface area contributed by atoms with Crippen molar-refractivity contribution in [1.29, 1.82) is 0 Å². The number of methoxy groups -OCH3 is 1. The number of hydrogen-bond acceptors (Lipinski definition) is 5. The standard InChI is InChI=1S/C26H18BrN3O3S/c1-32-23-19(14-15-7-2-3-10-18(15)22(23)27)24(31)30-26(34)28-17-9-6-8-16(13-17)25-29-20-11-4-5-12-21(20)33-25/h2-14H,1H3,(H2,28,30,31,34). The van der Waals surface area contributed by atoms with Gasteiger partial charge in [0, 0.05) is 11.3 Å². The van der Waals surface area contributed by atoms with Gasteiger partial charge in [-0.15, -0.1) is 0 Å². The first kappa shape index (κ1) is 22.1. The highest BCUT2D eigenvalue weighted by Gasteiger charge is 2.19. The highest BCUT2D eigenvalue weighted by atomic mass is 79.9. The Balaban J connectivity index is 1.36. The number of thiocarbonyl (C=S) groups is 1. The molecule has 6 nitrogen and oxygen atoms in total. The second-order valence-corrected chi connectivity index (χ2v) is 8.67. The maximum Gasteiger partial charge on any atom is 0.261 e. The molecule has 8 heteroatoms. The number of benzene rings is 4. The third kappa shape index (κ3) is 4.25. The molecule has 1 aromatic heterocycles. The Hall–Kier alpha value is -3.75. The molecular formula is C26H18BrN3O3S. The van der Waals surface area contributed by atoms with Gasteiger partial charge in [-0.2, -0.15) is 0 Å². The van der Waals surface area contributed by atoms with Crippen molar-refractivity contribution in [2.45, 2.75) is 0 Å². The van der Waals surface area contributed by atoms with Gasteiger partial charge < -0.3 is 14.5 Å². The minimum atomic E-state index is -0.379. The Labute approximate surface area is 209 Å². The molecule has 2 N–H and O–H groups in total. The molecule has 34 heavy (non-hydrogen) atoms. The number of hydrogen-bond donors (Lipinski definition) is 2. The van der Waals surface area contributed by atoms with Crippen LogP contribution in [0.1, 0.15) is 10.4 Å². The molecule has 0 fully saturated rings. The number of oxazole rings is 1. The average Bonchev–Trinajstić information content (AvgIpc) is 3.28. The molecule has 1 amide bonds. The summed E-state index contributed by atoms with van der Waals surface area (Å²) in [7, 11) is 1.53. The molecule has 0 unspecified atom stereocenters. The van der Waals surface area contributed by atoms with Gasteiger partial charge in [-0.05, 0) is 75.3 Å². The lowest BCUT2D eigenvalue weighted by Crippen LogP contribution is -2.34. The van der Waals surface area contributed by atoms with Gasteiger partial charge in [-0.1, -0.05) is 42.5 Å². The number of nitrogens with one attached hydrogen (secondary N) is 2. The van der Waals surface area contributed by atoms with E-state index in [1.165, 1.54) is 7.11 Å². The summed E-state index contributed by atoms with van der Waals surface area (Å²) in [6.45, 7) is 0. The molecule has 0 saturated carbocycles. The molecule has 0 spiro atoms. The van der Waals surface area contributed by atoms with Gasteiger partial charge >= 0.3 is 0 Å². The lowest BCUT2D eigenvalue weighted by atomic mass is 10.1. The summed E-state index contributed by atoms with van der Waals surface area (Å²) in [4.78, 5) is 17.6. The number of carbonyl (C=O) groups is 1. The highest BCUT2D eigenvalue weighted by molar-refractivity contribution is 9.10. The van der Waals surface area contributed by atoms with Gasteiger partial charge in [0.15, 0.2) is 10.7 Å². The smallest absolute Gasteiger partial charge is 0.261 e. The van der Waals surface area contributed by atoms with Gasteiger partial charge in [-0.3, -0.25) is 10.1 Å². The van der Waals surface area contributed by atoms with E-state index in [-0.39, 0.29) is 11.0 Å². The van der Waals surface area contributed by atoms with Gasteiger partial charge in [0.05, 0.1) is 17.1 Å². The molecule has 0 aliphatic rings. The average molecular weight is 532 g/mol. The van der Waals surface area contributed by atoms with Crippen LogP contribution < -0.4 is 15.4 Å². The molecular weight excluding hydrogens is 514 g/mol. The molecule has 0 saturated heterocycles. The molecule has 0 atom stereocenters. The van der Waals surface area contributed by atoms with Crippen LogP contribution in [0.3, 0.4) is 0 Å². The van der Waals surface area contributed by atoms with Gasteiger partial charge in [0.1, 0.15) is 11.3 Å². The van der Waals surface area contributed by atoms with Crippen molar-refractivity contribution in [1.82, 2.24) is 10.3 Å². The second-order valence-electron chi connectivity index (χ2n) is 7.47. The first-order valence-corrected chi connectivity index (χ1v) is 11.6. The number of fused-ring (bicyclic) bond motifs is 2. The fraction of sp³-hybridized carbons (Fsp3) is 0.0385. The van der Waals surface area contributed by atoms with Gasteiger partial charge in [-0.25, -0.2) is 4.98 Å². The summed E-state index contributed by atoms with van der Waals surface area (Å²) in [5.41, 5.74) is 3.35. The Morgan fingerprint density at radius 1 is 1.03 bits per heavy atom. The fourth-order valence-corrected chi connectivity index (χ4v) is 4.66. The van der Waals surface area contributed by atoms with E-state index in [4.69, 9.17) is 21.4 Å². The summed E-state index contributed by atoms with van der Waals surface area (Å²) >= 11 is 8.95. The molecule has 0 bridgehead atoms. The lowest BCUT2D eigenvalue weighted by Gasteiger charge is -2.14. The molecule has 5 aromatic rings. The van der Waals surface area contributed by atoms with Crippen LogP contribution in [0.4, 0.5) is 5.69 Å². The van der Waals surface area contributed by atoms with Crippen molar-refractivity contribution in [2.75, 3.05) is 12.4 Å². The second kappa shape index (κ2) is 9.24. The molecule has 0 aliphatic carbocycles. The number of halogens is 1. The number of rotatable bonds is 4. The van der Waals surface area contributed by atoms with Crippen LogP contribution in [0.5, 0.6) is 5.75 Å². The van der Waals surface area contributed by atoms with Crippen molar-refractivity contribution < 1.29 is 13.9 Å². The van der Waals surface area contributed by atoms with Crippen molar-refractivity contribution in [3.63, 3.8) is 0 Å². The van der Waals surface area contributed by atoms with E-state index in [0.29, 0.717) is 32.9 Å². The third-order valence-corrected chi connectivity index (χ3v) is 6.27. The molecule has 1 heterocycles. The molecule has 5 rings (SSSR count). The number of nitrogens with zero attached hydrogens (tertiary/aromatic N) is 1. The molecule has 0 radical (unpaired) electrons. The zero-order valence-corrected chi connectivity index (χ0v) is 20.4. The van der Waals surface area contributed by atoms with E-state index in [1.807, 2.05) is 72.8 Å². The summed E-state index contributed by atoms with van der Waals surface area (Å²) in [6, 6.07) is 24.6. The number of amides is 1. The largest absolute Gasteiger partial charge is 0.495 e. The topological polar surface area (TPSA) is 76.4 Å². The molecule has 168 valence electrons. The molecule has 4 aromatic carbocycles. The third-order valence-electron chi connectivity index (χ3n) is 5.28. The first-order valence-electron chi connectivity index (χ1n) is 10.4. The zero-order valence-electron chi connectivity index (χ0n) is 18.0. The monoisotopic (exact) mass is 531 g/mol. The normalized spacial score (nSPS) is 10.9. The van der Waals surface area contributed by atoms with Crippen LogP contribution in [0.25, 0.3) is 33.3 Å². The number of ether oxygens (including phenoxy) is 1. The van der Waals surface area contributed by atoms with Crippen molar-refractivity contribution >= 4 is 66.7 Å². The minimum absolute atomic E-state index is 0.158. The van der Waals surface area contributed by atoms with Crippen molar-refractivity contribution in [3.8, 4) is 17.2 Å². The van der Waals surface area contributed by atoms with Gasteiger partial charge in [0.2, 0.25) is 5.89 Å². The summed E-state index contributed by atoms with van der Waals surface area (Å²) in [6.07, 6.45) is 0. The van der Waals surface area contributed by atoms with Crippen molar-refractivity contribution in [2.24, 2.45) is 0 Å². The molecule has 0 aliphatic heterocycles. The van der Waals surface area contributed by atoms with E-state index >= 15 is 0 Å². The van der Waals surface area contributed by atoms with Gasteiger partial charge in [0.25, 0.3) is 5.91 Å². The minimum Gasteiger partial charge on any atom is -0.495 e. The highest BCUT2D eigenvalue weighted by Crippen LogP contribution is 2.36. The van der Waals surface area contributed by atoms with E-state index < -0.39 is 0 Å². The van der Waals surface area contributed by atoms with Crippen LogP contribution in [0, 0.1) is 0 Å². The van der Waals surface area contributed by atoms with Crippen LogP contribution in [-0.4, -0.2) is 23.1 Å². The number of anilines is 1. The summed E-state index contributed by atoms with van der Waals surface area (Å²) in [5, 5.41) is 7.80. The summed E-state index contributed by atoms with van der Waals surface area (Å²) in [5.74, 6) is 0.568. The van der Waals surface area contributed by atoms with E-state index in [2.05, 4.69) is 31.5 Å². The summed E-state index contributed by atoms with van der Waals surface area (Å²) < 4.78 is 12.1. The van der Waals surface area contributed by atoms with Crippen LogP contribution >= 0.6 is 28.1 Å². The zero-order chi connectivity index (χ0) is 23.7. The van der Waals surface area contributed by atoms with Crippen LogP contribution in [-0.2, 0) is 0 Å². The maximum absolute atomic E-state index is 13.0.